The minimum atomic E-state index is -0.331. The Morgan fingerprint density at radius 3 is 2.41 bits per heavy atom. The zero-order valence-electron chi connectivity index (χ0n) is 9.89. The van der Waals surface area contributed by atoms with Crippen LogP contribution >= 0.6 is 12.4 Å². The van der Waals surface area contributed by atoms with Crippen LogP contribution in [0.5, 0.6) is 0 Å². The number of halogens is 1. The van der Waals surface area contributed by atoms with Crippen molar-refractivity contribution in [2.24, 2.45) is 11.5 Å². The van der Waals surface area contributed by atoms with Gasteiger partial charge < -0.3 is 16.2 Å². The lowest BCUT2D eigenvalue weighted by Crippen LogP contribution is -2.12. The van der Waals surface area contributed by atoms with Crippen LogP contribution in [0.4, 0.5) is 0 Å². The zero-order chi connectivity index (χ0) is 12.0. The molecule has 1 atom stereocenters. The van der Waals surface area contributed by atoms with E-state index < -0.39 is 0 Å². The molecule has 0 radical (unpaired) electrons. The van der Waals surface area contributed by atoms with Crippen LogP contribution in [0.2, 0.25) is 0 Å². The first-order valence-corrected chi connectivity index (χ1v) is 5.33. The van der Waals surface area contributed by atoms with Crippen molar-refractivity contribution < 1.29 is 9.53 Å². The van der Waals surface area contributed by atoms with E-state index in [9.17, 15) is 4.79 Å². The number of rotatable bonds is 5. The molecule has 0 aliphatic heterocycles. The second kappa shape index (κ2) is 8.06. The van der Waals surface area contributed by atoms with Gasteiger partial charge in [0.25, 0.3) is 0 Å². The lowest BCUT2D eigenvalue weighted by atomic mass is 10.0. The molecule has 0 saturated carbocycles. The summed E-state index contributed by atoms with van der Waals surface area (Å²) >= 11 is 0. The third-order valence-electron chi connectivity index (χ3n) is 2.48. The van der Waals surface area contributed by atoms with Crippen LogP contribution in [0.15, 0.2) is 24.3 Å². The number of ether oxygens (including phenoxy) is 1. The highest BCUT2D eigenvalue weighted by Crippen LogP contribution is 2.16. The maximum atomic E-state index is 11.2. The Morgan fingerprint density at radius 1 is 1.35 bits per heavy atom. The van der Waals surface area contributed by atoms with Gasteiger partial charge in [0.2, 0.25) is 0 Å². The van der Waals surface area contributed by atoms with Crippen LogP contribution in [0, 0.1) is 0 Å². The topological polar surface area (TPSA) is 78.3 Å². The Kier molecular flexibility index (Phi) is 7.54. The molecule has 1 aromatic rings. The molecule has 1 aromatic carbocycles. The quantitative estimate of drug-likeness (QED) is 0.787. The number of hydrogen-bond acceptors (Lipinski definition) is 4. The normalized spacial score (nSPS) is 11.5. The predicted octanol–water partition coefficient (Wildman–Crippen LogP) is 1.63. The summed E-state index contributed by atoms with van der Waals surface area (Å²) in [6, 6.07) is 7.14. The molecule has 4 nitrogen and oxygen atoms in total. The van der Waals surface area contributed by atoms with Crippen molar-refractivity contribution in [3.8, 4) is 0 Å². The van der Waals surface area contributed by atoms with Crippen LogP contribution in [0.3, 0.4) is 0 Å². The Balaban J connectivity index is 0.00000256. The van der Waals surface area contributed by atoms with Crippen LogP contribution in [0.1, 0.15) is 34.8 Å². The van der Waals surface area contributed by atoms with Gasteiger partial charge >= 0.3 is 5.97 Å². The number of esters is 1. The van der Waals surface area contributed by atoms with E-state index in [-0.39, 0.29) is 24.4 Å². The molecule has 0 bridgehead atoms. The number of carbonyl (C=O) groups is 1. The van der Waals surface area contributed by atoms with E-state index in [0.717, 1.165) is 18.4 Å². The first kappa shape index (κ1) is 15.9. The zero-order valence-corrected chi connectivity index (χ0v) is 10.7. The van der Waals surface area contributed by atoms with Gasteiger partial charge in [-0.05, 0) is 37.1 Å². The van der Waals surface area contributed by atoms with Crippen molar-refractivity contribution in [1.29, 1.82) is 0 Å². The average molecular weight is 259 g/mol. The number of hydrogen-bond donors (Lipinski definition) is 2. The summed E-state index contributed by atoms with van der Waals surface area (Å²) in [5, 5.41) is 0. The molecule has 17 heavy (non-hydrogen) atoms. The standard InChI is InChI=1S/C12H18N2O2.ClH/c1-16-12(15)10-6-4-9(5-7-10)11(14)3-2-8-13;/h4-7,11H,2-3,8,13-14H2,1H3;1H/t11-;/m0./s1. The molecular weight excluding hydrogens is 240 g/mol. The molecular formula is C12H19ClN2O2. The van der Waals surface area contributed by atoms with Crippen molar-refractivity contribution in [3.63, 3.8) is 0 Å². The summed E-state index contributed by atoms with van der Waals surface area (Å²) in [6.07, 6.45) is 1.76. The first-order valence-electron chi connectivity index (χ1n) is 5.33. The third-order valence-corrected chi connectivity index (χ3v) is 2.48. The smallest absolute Gasteiger partial charge is 0.337 e. The molecule has 0 spiro atoms. The molecule has 0 aromatic heterocycles. The largest absolute Gasteiger partial charge is 0.465 e. The number of benzene rings is 1. The lowest BCUT2D eigenvalue weighted by molar-refractivity contribution is 0.0600. The van der Waals surface area contributed by atoms with Crippen molar-refractivity contribution in [3.05, 3.63) is 35.4 Å². The van der Waals surface area contributed by atoms with Crippen molar-refractivity contribution in [2.75, 3.05) is 13.7 Å². The first-order chi connectivity index (χ1) is 7.69. The van der Waals surface area contributed by atoms with Crippen molar-refractivity contribution in [2.45, 2.75) is 18.9 Å². The minimum absolute atomic E-state index is 0. The molecule has 0 aliphatic rings. The number of methoxy groups -OCH3 is 1. The molecule has 5 heteroatoms. The van der Waals surface area contributed by atoms with E-state index in [1.54, 1.807) is 12.1 Å². The molecule has 96 valence electrons. The molecule has 4 N–H and O–H groups in total. The molecule has 0 fully saturated rings. The monoisotopic (exact) mass is 258 g/mol. The molecule has 0 amide bonds. The van der Waals surface area contributed by atoms with E-state index >= 15 is 0 Å². The maximum Gasteiger partial charge on any atom is 0.337 e. The predicted molar refractivity (Wildman–Crippen MR) is 70.2 cm³/mol. The molecule has 0 saturated heterocycles. The third kappa shape index (κ3) is 4.73. The summed E-state index contributed by atoms with van der Waals surface area (Å²) in [6.45, 7) is 0.647. The van der Waals surface area contributed by atoms with Gasteiger partial charge in [-0.25, -0.2) is 4.79 Å². The van der Waals surface area contributed by atoms with E-state index in [2.05, 4.69) is 4.74 Å². The highest BCUT2D eigenvalue weighted by molar-refractivity contribution is 5.89. The van der Waals surface area contributed by atoms with Crippen molar-refractivity contribution in [1.82, 2.24) is 0 Å². The molecule has 0 aliphatic carbocycles. The maximum absolute atomic E-state index is 11.2. The Morgan fingerprint density at radius 2 is 1.94 bits per heavy atom. The highest BCUT2D eigenvalue weighted by Gasteiger charge is 2.08. The molecule has 0 heterocycles. The Labute approximate surface area is 108 Å². The summed E-state index contributed by atoms with van der Waals surface area (Å²) in [7, 11) is 1.36. The fraction of sp³-hybridized carbons (Fsp3) is 0.417. The molecule has 1 rings (SSSR count). The SMILES string of the molecule is COC(=O)c1ccc([C@@H](N)CCCN)cc1.Cl. The van der Waals surface area contributed by atoms with E-state index in [1.165, 1.54) is 7.11 Å². The van der Waals surface area contributed by atoms with Gasteiger partial charge in [-0.3, -0.25) is 0 Å². The van der Waals surface area contributed by atoms with Crippen LogP contribution < -0.4 is 11.5 Å². The van der Waals surface area contributed by atoms with Crippen LogP contribution in [-0.4, -0.2) is 19.6 Å². The van der Waals surface area contributed by atoms with Crippen LogP contribution in [0.25, 0.3) is 0 Å². The van der Waals surface area contributed by atoms with E-state index in [0.29, 0.717) is 12.1 Å². The number of carbonyl (C=O) groups excluding carboxylic acids is 1. The van der Waals surface area contributed by atoms with Gasteiger partial charge in [-0.15, -0.1) is 12.4 Å². The fourth-order valence-corrected chi connectivity index (χ4v) is 1.49. The van der Waals surface area contributed by atoms with Gasteiger partial charge in [0.05, 0.1) is 12.7 Å². The second-order valence-corrected chi connectivity index (χ2v) is 3.65. The lowest BCUT2D eigenvalue weighted by Gasteiger charge is -2.11. The van der Waals surface area contributed by atoms with Crippen LogP contribution in [-0.2, 0) is 4.74 Å². The minimum Gasteiger partial charge on any atom is -0.465 e. The number of nitrogens with two attached hydrogens (primary N) is 2. The molecule has 0 unspecified atom stereocenters. The van der Waals surface area contributed by atoms with Gasteiger partial charge in [0.15, 0.2) is 0 Å². The summed E-state index contributed by atoms with van der Waals surface area (Å²) < 4.78 is 4.61. The summed E-state index contributed by atoms with van der Waals surface area (Å²) in [5.41, 5.74) is 12.9. The Hall–Kier alpha value is -1.10. The highest BCUT2D eigenvalue weighted by atomic mass is 35.5. The fourth-order valence-electron chi connectivity index (χ4n) is 1.49. The van der Waals surface area contributed by atoms with E-state index in [1.807, 2.05) is 12.1 Å². The van der Waals surface area contributed by atoms with Crippen molar-refractivity contribution >= 4 is 18.4 Å². The average Bonchev–Trinajstić information content (AvgIpc) is 2.35. The summed E-state index contributed by atoms with van der Waals surface area (Å²) in [5.74, 6) is -0.331. The summed E-state index contributed by atoms with van der Waals surface area (Å²) in [4.78, 5) is 11.2. The van der Waals surface area contributed by atoms with E-state index in [4.69, 9.17) is 11.5 Å². The Bertz CT molecular complexity index is 341. The second-order valence-electron chi connectivity index (χ2n) is 3.65. The van der Waals surface area contributed by atoms with Gasteiger partial charge in [0, 0.05) is 6.04 Å². The van der Waals surface area contributed by atoms with Gasteiger partial charge in [0.1, 0.15) is 0 Å². The van der Waals surface area contributed by atoms with Gasteiger partial charge in [-0.2, -0.15) is 0 Å². The van der Waals surface area contributed by atoms with Gasteiger partial charge in [-0.1, -0.05) is 12.1 Å².